The standard InChI is InChI=1S/C22H21FN4O2S/c23-17-11-15(22-27-18-4-1-2-5-20(18)30-22)7-6-14(17)10-16(12-24)26-21(28)19-13-25-8-3-9-29-19/h1-2,4-7,11,16,19,25H,3,8-10,13H2,(H,26,28). The lowest BCUT2D eigenvalue weighted by Crippen LogP contribution is -2.46. The molecule has 2 atom stereocenters. The van der Waals surface area contributed by atoms with Crippen LogP contribution in [0.25, 0.3) is 20.8 Å². The van der Waals surface area contributed by atoms with Gasteiger partial charge in [-0.05, 0) is 36.7 Å². The zero-order valence-electron chi connectivity index (χ0n) is 16.2. The van der Waals surface area contributed by atoms with Crippen LogP contribution in [0.1, 0.15) is 12.0 Å². The highest BCUT2D eigenvalue weighted by Gasteiger charge is 2.24. The van der Waals surface area contributed by atoms with Crippen molar-refractivity contribution in [3.63, 3.8) is 0 Å². The average molecular weight is 425 g/mol. The third-order valence-electron chi connectivity index (χ3n) is 4.93. The summed E-state index contributed by atoms with van der Waals surface area (Å²) in [5.74, 6) is -0.781. The summed E-state index contributed by atoms with van der Waals surface area (Å²) in [6.45, 7) is 1.68. The predicted molar refractivity (Wildman–Crippen MR) is 113 cm³/mol. The molecule has 2 aromatic carbocycles. The van der Waals surface area contributed by atoms with Crippen LogP contribution >= 0.6 is 11.3 Å². The van der Waals surface area contributed by atoms with Gasteiger partial charge in [0.1, 0.15) is 23.0 Å². The zero-order chi connectivity index (χ0) is 20.9. The number of ether oxygens (including phenoxy) is 1. The summed E-state index contributed by atoms with van der Waals surface area (Å²) in [6, 6.07) is 13.8. The molecule has 0 saturated carbocycles. The van der Waals surface area contributed by atoms with Crippen molar-refractivity contribution in [3.8, 4) is 16.6 Å². The topological polar surface area (TPSA) is 87.0 Å². The largest absolute Gasteiger partial charge is 0.367 e. The Morgan fingerprint density at radius 2 is 2.27 bits per heavy atom. The second kappa shape index (κ2) is 9.30. The van der Waals surface area contributed by atoms with E-state index >= 15 is 0 Å². The molecule has 8 heteroatoms. The number of halogens is 1. The number of benzene rings is 2. The van der Waals surface area contributed by atoms with Crippen LogP contribution in [0.5, 0.6) is 0 Å². The van der Waals surface area contributed by atoms with E-state index < -0.39 is 18.0 Å². The van der Waals surface area contributed by atoms with Gasteiger partial charge in [-0.2, -0.15) is 5.26 Å². The van der Waals surface area contributed by atoms with Crippen molar-refractivity contribution in [2.45, 2.75) is 25.0 Å². The van der Waals surface area contributed by atoms with E-state index in [-0.39, 0.29) is 12.3 Å². The number of thiazole rings is 1. The van der Waals surface area contributed by atoms with Gasteiger partial charge in [0.25, 0.3) is 5.91 Å². The molecule has 3 aromatic rings. The van der Waals surface area contributed by atoms with Crippen molar-refractivity contribution in [1.82, 2.24) is 15.6 Å². The Morgan fingerprint density at radius 1 is 1.40 bits per heavy atom. The highest BCUT2D eigenvalue weighted by molar-refractivity contribution is 7.21. The first-order valence-corrected chi connectivity index (χ1v) is 10.6. The lowest BCUT2D eigenvalue weighted by Gasteiger charge is -2.18. The molecule has 1 aliphatic rings. The summed E-state index contributed by atoms with van der Waals surface area (Å²) in [5, 5.41) is 16.0. The van der Waals surface area contributed by atoms with Crippen molar-refractivity contribution in [1.29, 1.82) is 5.26 Å². The van der Waals surface area contributed by atoms with Crippen LogP contribution in [0.3, 0.4) is 0 Å². The van der Waals surface area contributed by atoms with Gasteiger partial charge in [-0.1, -0.05) is 24.3 Å². The van der Waals surface area contributed by atoms with E-state index in [0.717, 1.165) is 28.2 Å². The van der Waals surface area contributed by atoms with E-state index in [4.69, 9.17) is 4.74 Å². The average Bonchev–Trinajstić information content (AvgIpc) is 3.00. The lowest BCUT2D eigenvalue weighted by atomic mass is 10.0. The number of hydrogen-bond donors (Lipinski definition) is 2. The molecule has 0 bridgehead atoms. The minimum absolute atomic E-state index is 0.0777. The molecule has 0 radical (unpaired) electrons. The number of carbonyl (C=O) groups is 1. The summed E-state index contributed by atoms with van der Waals surface area (Å²) in [7, 11) is 0. The Balaban J connectivity index is 1.45. The molecular weight excluding hydrogens is 403 g/mol. The third-order valence-corrected chi connectivity index (χ3v) is 6.01. The number of amides is 1. The number of nitrogens with one attached hydrogen (secondary N) is 2. The second-order valence-corrected chi connectivity index (χ2v) is 8.14. The number of nitrogens with zero attached hydrogens (tertiary/aromatic N) is 2. The first-order valence-electron chi connectivity index (χ1n) is 9.81. The van der Waals surface area contributed by atoms with Gasteiger partial charge in [0.2, 0.25) is 0 Å². The summed E-state index contributed by atoms with van der Waals surface area (Å²) in [4.78, 5) is 16.9. The van der Waals surface area contributed by atoms with Crippen LogP contribution in [-0.2, 0) is 16.0 Å². The van der Waals surface area contributed by atoms with E-state index in [1.54, 1.807) is 12.1 Å². The lowest BCUT2D eigenvalue weighted by molar-refractivity contribution is -0.132. The van der Waals surface area contributed by atoms with Gasteiger partial charge in [-0.3, -0.25) is 4.79 Å². The molecule has 30 heavy (non-hydrogen) atoms. The van der Waals surface area contributed by atoms with Crippen LogP contribution in [0.4, 0.5) is 4.39 Å². The first-order chi connectivity index (χ1) is 14.6. The molecule has 1 fully saturated rings. The summed E-state index contributed by atoms with van der Waals surface area (Å²) >= 11 is 1.50. The smallest absolute Gasteiger partial charge is 0.251 e. The van der Waals surface area contributed by atoms with Crippen LogP contribution < -0.4 is 10.6 Å². The van der Waals surface area contributed by atoms with Crippen LogP contribution in [0.15, 0.2) is 42.5 Å². The minimum Gasteiger partial charge on any atom is -0.367 e. The van der Waals surface area contributed by atoms with Crippen molar-refractivity contribution < 1.29 is 13.9 Å². The monoisotopic (exact) mass is 424 g/mol. The highest BCUT2D eigenvalue weighted by atomic mass is 32.1. The molecule has 1 amide bonds. The molecule has 6 nitrogen and oxygen atoms in total. The van der Waals surface area contributed by atoms with E-state index in [2.05, 4.69) is 15.6 Å². The molecule has 1 aliphatic heterocycles. The van der Waals surface area contributed by atoms with Gasteiger partial charge in [-0.25, -0.2) is 9.37 Å². The number of nitriles is 1. The second-order valence-electron chi connectivity index (χ2n) is 7.10. The highest BCUT2D eigenvalue weighted by Crippen LogP contribution is 2.31. The van der Waals surface area contributed by atoms with E-state index in [0.29, 0.717) is 24.3 Å². The van der Waals surface area contributed by atoms with Gasteiger partial charge in [-0.15, -0.1) is 11.3 Å². The molecular formula is C22H21FN4O2S. The predicted octanol–water partition coefficient (Wildman–Crippen LogP) is 3.03. The number of fused-ring (bicyclic) bond motifs is 1. The normalized spacial score (nSPS) is 17.8. The molecule has 154 valence electrons. The Morgan fingerprint density at radius 3 is 3.07 bits per heavy atom. The third kappa shape index (κ3) is 4.65. The SMILES string of the molecule is N#CC(Cc1ccc(-c2nc3ccccc3s2)cc1F)NC(=O)C1CNCCCO1. The maximum atomic E-state index is 14.8. The van der Waals surface area contributed by atoms with Gasteiger partial charge in [0.15, 0.2) is 0 Å². The molecule has 0 aliphatic carbocycles. The van der Waals surface area contributed by atoms with Crippen LogP contribution in [0.2, 0.25) is 0 Å². The fraction of sp³-hybridized carbons (Fsp3) is 0.318. The summed E-state index contributed by atoms with van der Waals surface area (Å²) in [6.07, 6.45) is 0.265. The number of aromatic nitrogens is 1. The van der Waals surface area contributed by atoms with Gasteiger partial charge >= 0.3 is 0 Å². The number of rotatable bonds is 5. The Labute approximate surface area is 177 Å². The molecule has 2 N–H and O–H groups in total. The van der Waals surface area contributed by atoms with Crippen molar-refractivity contribution in [3.05, 3.63) is 53.8 Å². The van der Waals surface area contributed by atoms with E-state index in [1.807, 2.05) is 30.3 Å². The fourth-order valence-corrected chi connectivity index (χ4v) is 4.30. The number of hydrogen-bond acceptors (Lipinski definition) is 6. The molecule has 2 heterocycles. The molecule has 1 aromatic heterocycles. The number of para-hydroxylation sites is 1. The molecule has 2 unspecified atom stereocenters. The van der Waals surface area contributed by atoms with Crippen LogP contribution in [0, 0.1) is 17.1 Å². The maximum Gasteiger partial charge on any atom is 0.251 e. The van der Waals surface area contributed by atoms with Crippen molar-refractivity contribution in [2.24, 2.45) is 0 Å². The summed E-state index contributed by atoms with van der Waals surface area (Å²) in [5.41, 5.74) is 1.93. The fourth-order valence-electron chi connectivity index (χ4n) is 3.34. The Kier molecular flexibility index (Phi) is 6.33. The van der Waals surface area contributed by atoms with Gasteiger partial charge in [0, 0.05) is 25.1 Å². The summed E-state index contributed by atoms with van der Waals surface area (Å²) < 4.78 is 21.3. The van der Waals surface area contributed by atoms with Gasteiger partial charge in [0.05, 0.1) is 16.3 Å². The maximum absolute atomic E-state index is 14.8. The molecule has 1 saturated heterocycles. The first kappa shape index (κ1) is 20.4. The Hall–Kier alpha value is -2.86. The number of carbonyl (C=O) groups excluding carboxylic acids is 1. The Bertz CT molecular complexity index is 1050. The van der Waals surface area contributed by atoms with E-state index in [9.17, 15) is 14.4 Å². The minimum atomic E-state index is -0.841. The quantitative estimate of drug-likeness (QED) is 0.658. The van der Waals surface area contributed by atoms with Crippen LogP contribution in [-0.4, -0.2) is 42.7 Å². The van der Waals surface area contributed by atoms with E-state index in [1.165, 1.54) is 17.4 Å². The zero-order valence-corrected chi connectivity index (χ0v) is 17.0. The molecule has 0 spiro atoms. The van der Waals surface area contributed by atoms with Crippen molar-refractivity contribution in [2.75, 3.05) is 19.7 Å². The molecule has 4 rings (SSSR count). The van der Waals surface area contributed by atoms with Gasteiger partial charge < -0.3 is 15.4 Å². The van der Waals surface area contributed by atoms with Crippen molar-refractivity contribution >= 4 is 27.5 Å².